The zero-order chi connectivity index (χ0) is 22.5. The molecule has 3 heterocycles. The lowest BCUT2D eigenvalue weighted by Crippen LogP contribution is -2.52. The van der Waals surface area contributed by atoms with Crippen LogP contribution in [0.15, 0.2) is 47.3 Å². The van der Waals surface area contributed by atoms with Crippen LogP contribution in [0.4, 0.5) is 0 Å². The number of aryl methyl sites for hydroxylation is 1. The second-order valence-electron chi connectivity index (χ2n) is 8.92. The highest BCUT2D eigenvalue weighted by Crippen LogP contribution is 2.40. The number of rotatable bonds is 2. The molecule has 0 bridgehead atoms. The van der Waals surface area contributed by atoms with Gasteiger partial charge in [-0.15, -0.1) is 0 Å². The van der Waals surface area contributed by atoms with E-state index in [2.05, 4.69) is 10.2 Å². The lowest BCUT2D eigenvalue weighted by Gasteiger charge is -2.44. The van der Waals surface area contributed by atoms with E-state index in [9.17, 15) is 14.4 Å². The summed E-state index contributed by atoms with van der Waals surface area (Å²) < 4.78 is 6.32. The SMILES string of the molecule is Cc1ccc2c(c1)C(=O)CC1(CCN(C(=O)C(C)c3n[nH]c(=O)c4ccccc34)CC1)O2. The van der Waals surface area contributed by atoms with E-state index in [4.69, 9.17) is 4.74 Å². The first-order valence-corrected chi connectivity index (χ1v) is 11.0. The van der Waals surface area contributed by atoms with Gasteiger partial charge in [0.2, 0.25) is 5.91 Å². The van der Waals surface area contributed by atoms with E-state index in [0.29, 0.717) is 60.1 Å². The van der Waals surface area contributed by atoms with E-state index < -0.39 is 11.5 Å². The number of hydrogen-bond acceptors (Lipinski definition) is 5. The van der Waals surface area contributed by atoms with Crippen molar-refractivity contribution in [1.82, 2.24) is 15.1 Å². The summed E-state index contributed by atoms with van der Waals surface area (Å²) in [5.41, 5.74) is 1.44. The number of ether oxygens (including phenoxy) is 1. The first kappa shape index (κ1) is 20.4. The number of amides is 1. The van der Waals surface area contributed by atoms with Crippen molar-refractivity contribution in [2.45, 2.75) is 44.6 Å². The molecule has 1 N–H and O–H groups in total. The van der Waals surface area contributed by atoms with Gasteiger partial charge in [0, 0.05) is 31.3 Å². The number of carbonyl (C=O) groups is 2. The van der Waals surface area contributed by atoms with Crippen LogP contribution in [0.2, 0.25) is 0 Å². The molecule has 7 nitrogen and oxygen atoms in total. The Bertz CT molecular complexity index is 1290. The highest BCUT2D eigenvalue weighted by atomic mass is 16.5. The summed E-state index contributed by atoms with van der Waals surface area (Å²) in [4.78, 5) is 39.9. The van der Waals surface area contributed by atoms with Crippen LogP contribution >= 0.6 is 0 Å². The first-order valence-electron chi connectivity index (χ1n) is 11.0. The van der Waals surface area contributed by atoms with Gasteiger partial charge in [-0.25, -0.2) is 5.10 Å². The molecule has 0 saturated carbocycles. The predicted molar refractivity (Wildman–Crippen MR) is 120 cm³/mol. The lowest BCUT2D eigenvalue weighted by atomic mass is 9.82. The maximum absolute atomic E-state index is 13.3. The van der Waals surface area contributed by atoms with Gasteiger partial charge in [0.25, 0.3) is 5.56 Å². The number of Topliss-reactive ketones (excluding diaryl/α,β-unsaturated/α-hetero) is 1. The summed E-state index contributed by atoms with van der Waals surface area (Å²) >= 11 is 0. The predicted octanol–water partition coefficient (Wildman–Crippen LogP) is 3.36. The Morgan fingerprint density at radius 1 is 1.12 bits per heavy atom. The van der Waals surface area contributed by atoms with Crippen molar-refractivity contribution in [2.75, 3.05) is 13.1 Å². The highest BCUT2D eigenvalue weighted by Gasteiger charge is 2.44. The van der Waals surface area contributed by atoms with Crippen LogP contribution in [0.3, 0.4) is 0 Å². The summed E-state index contributed by atoms with van der Waals surface area (Å²) in [6.07, 6.45) is 1.54. The Balaban J connectivity index is 1.33. The fourth-order valence-corrected chi connectivity index (χ4v) is 4.88. The average Bonchev–Trinajstić information content (AvgIpc) is 2.80. The zero-order valence-electron chi connectivity index (χ0n) is 18.2. The fourth-order valence-electron chi connectivity index (χ4n) is 4.88. The second kappa shape index (κ2) is 7.58. The molecule has 1 unspecified atom stereocenters. The number of ketones is 1. The monoisotopic (exact) mass is 431 g/mol. The number of aromatic amines is 1. The lowest BCUT2D eigenvalue weighted by molar-refractivity contribution is -0.136. The number of aromatic nitrogens is 2. The van der Waals surface area contributed by atoms with E-state index >= 15 is 0 Å². The van der Waals surface area contributed by atoms with Gasteiger partial charge in [0.15, 0.2) is 5.78 Å². The second-order valence-corrected chi connectivity index (χ2v) is 8.92. The van der Waals surface area contributed by atoms with Crippen molar-refractivity contribution >= 4 is 22.5 Å². The number of piperidine rings is 1. The smallest absolute Gasteiger partial charge is 0.272 e. The average molecular weight is 431 g/mol. The molecule has 1 saturated heterocycles. The minimum absolute atomic E-state index is 0.0392. The molecule has 0 aliphatic carbocycles. The van der Waals surface area contributed by atoms with Crippen LogP contribution in [-0.2, 0) is 4.79 Å². The Morgan fingerprint density at radius 3 is 2.59 bits per heavy atom. The number of nitrogens with zero attached hydrogens (tertiary/aromatic N) is 2. The molecule has 2 aliphatic rings. The van der Waals surface area contributed by atoms with E-state index in [1.54, 1.807) is 12.1 Å². The van der Waals surface area contributed by atoms with Crippen LogP contribution in [-0.4, -0.2) is 45.5 Å². The Morgan fingerprint density at radius 2 is 1.84 bits per heavy atom. The van der Waals surface area contributed by atoms with Crippen molar-refractivity contribution in [2.24, 2.45) is 0 Å². The summed E-state index contributed by atoms with van der Waals surface area (Å²) in [5, 5.41) is 7.92. The van der Waals surface area contributed by atoms with E-state index in [0.717, 1.165) is 5.56 Å². The highest BCUT2D eigenvalue weighted by molar-refractivity contribution is 6.00. The molecular formula is C25H25N3O4. The van der Waals surface area contributed by atoms with E-state index in [1.165, 1.54) is 0 Å². The van der Waals surface area contributed by atoms with Crippen molar-refractivity contribution in [3.63, 3.8) is 0 Å². The van der Waals surface area contributed by atoms with Crippen molar-refractivity contribution < 1.29 is 14.3 Å². The minimum atomic E-state index is -0.553. The molecule has 2 aliphatic heterocycles. The normalized spacial score (nSPS) is 18.3. The molecule has 1 atom stereocenters. The topological polar surface area (TPSA) is 92.4 Å². The third-order valence-electron chi connectivity index (χ3n) is 6.74. The van der Waals surface area contributed by atoms with Gasteiger partial charge in [-0.3, -0.25) is 14.4 Å². The number of benzene rings is 2. The molecule has 1 amide bonds. The third-order valence-corrected chi connectivity index (χ3v) is 6.74. The van der Waals surface area contributed by atoms with Gasteiger partial charge >= 0.3 is 0 Å². The van der Waals surface area contributed by atoms with Crippen LogP contribution in [0.5, 0.6) is 5.75 Å². The van der Waals surface area contributed by atoms with Crippen molar-refractivity contribution in [1.29, 1.82) is 0 Å². The Labute approximate surface area is 185 Å². The zero-order valence-corrected chi connectivity index (χ0v) is 18.2. The van der Waals surface area contributed by atoms with Gasteiger partial charge in [-0.05, 0) is 32.0 Å². The Hall–Kier alpha value is -3.48. The van der Waals surface area contributed by atoms with Gasteiger partial charge in [0.1, 0.15) is 11.4 Å². The molecule has 1 fully saturated rings. The maximum atomic E-state index is 13.3. The van der Waals surface area contributed by atoms with Gasteiger partial charge in [-0.1, -0.05) is 29.8 Å². The molecule has 164 valence electrons. The first-order chi connectivity index (χ1) is 15.4. The fraction of sp³-hybridized carbons (Fsp3) is 0.360. The Kier molecular flexibility index (Phi) is 4.84. The largest absolute Gasteiger partial charge is 0.486 e. The summed E-state index contributed by atoms with van der Waals surface area (Å²) in [7, 11) is 0. The molecule has 3 aromatic rings. The van der Waals surface area contributed by atoms with E-state index in [-0.39, 0.29) is 17.2 Å². The standard InChI is InChI=1S/C25H25N3O4/c1-15-7-8-21-19(13-15)20(29)14-25(32-21)9-11-28(12-10-25)24(31)16(2)22-17-5-3-4-6-18(17)23(30)27-26-22/h3-8,13,16H,9-12,14H2,1-2H3,(H,27,30). The van der Waals surface area contributed by atoms with Gasteiger partial charge in [-0.2, -0.15) is 5.10 Å². The van der Waals surface area contributed by atoms with Gasteiger partial charge < -0.3 is 9.64 Å². The minimum Gasteiger partial charge on any atom is -0.486 e. The van der Waals surface area contributed by atoms with Crippen LogP contribution < -0.4 is 10.3 Å². The number of fused-ring (bicyclic) bond motifs is 2. The third kappa shape index (κ3) is 3.38. The molecule has 2 aromatic carbocycles. The van der Waals surface area contributed by atoms with Crippen molar-refractivity contribution in [3.8, 4) is 5.75 Å². The number of hydrogen-bond donors (Lipinski definition) is 1. The summed E-state index contributed by atoms with van der Waals surface area (Å²) in [6.45, 7) is 4.81. The number of carbonyl (C=O) groups excluding carboxylic acids is 2. The number of nitrogens with one attached hydrogen (secondary N) is 1. The summed E-state index contributed by atoms with van der Waals surface area (Å²) in [5.74, 6) is 0.210. The molecule has 5 rings (SSSR count). The maximum Gasteiger partial charge on any atom is 0.272 e. The van der Waals surface area contributed by atoms with Crippen LogP contribution in [0, 0.1) is 6.92 Å². The van der Waals surface area contributed by atoms with E-state index in [1.807, 2.05) is 49.1 Å². The van der Waals surface area contributed by atoms with Crippen molar-refractivity contribution in [3.05, 3.63) is 69.6 Å². The molecular weight excluding hydrogens is 406 g/mol. The number of likely N-dealkylation sites (tertiary alicyclic amines) is 1. The molecule has 32 heavy (non-hydrogen) atoms. The number of H-pyrrole nitrogens is 1. The molecule has 7 heteroatoms. The molecule has 1 spiro atoms. The quantitative estimate of drug-likeness (QED) is 0.672. The van der Waals surface area contributed by atoms with Crippen LogP contribution in [0.25, 0.3) is 10.8 Å². The molecule has 0 radical (unpaired) electrons. The molecule has 1 aromatic heterocycles. The van der Waals surface area contributed by atoms with Crippen LogP contribution in [0.1, 0.15) is 53.7 Å². The summed E-state index contributed by atoms with van der Waals surface area (Å²) in [6, 6.07) is 12.9. The van der Waals surface area contributed by atoms with Gasteiger partial charge in [0.05, 0.1) is 29.0 Å².